The molecular weight excluding hydrogens is 306 g/mol. The molecule has 2 rings (SSSR count). The van der Waals surface area contributed by atoms with E-state index in [1.165, 1.54) is 6.07 Å². The third-order valence-electron chi connectivity index (χ3n) is 2.97. The van der Waals surface area contributed by atoms with Gasteiger partial charge < -0.3 is 0 Å². The molecule has 0 aromatic heterocycles. The molecule has 23 heavy (non-hydrogen) atoms. The minimum atomic E-state index is -0.737. The van der Waals surface area contributed by atoms with Crippen molar-refractivity contribution in [1.29, 1.82) is 0 Å². The van der Waals surface area contributed by atoms with Crippen LogP contribution in [0.2, 0.25) is 0 Å². The van der Waals surface area contributed by atoms with Crippen LogP contribution in [0.1, 0.15) is 5.56 Å². The highest BCUT2D eigenvalue weighted by Crippen LogP contribution is 2.29. The Morgan fingerprint density at radius 1 is 0.957 bits per heavy atom. The molecular formula is C14H11N3O6. The van der Waals surface area contributed by atoms with Crippen molar-refractivity contribution in [3.8, 4) is 0 Å². The molecule has 0 heterocycles. The summed E-state index contributed by atoms with van der Waals surface area (Å²) < 4.78 is 0. The molecule has 0 spiro atoms. The summed E-state index contributed by atoms with van der Waals surface area (Å²) in [4.78, 5) is 36.9. The Morgan fingerprint density at radius 3 is 2.00 bits per heavy atom. The average Bonchev–Trinajstić information content (AvgIpc) is 2.56. The van der Waals surface area contributed by atoms with Crippen molar-refractivity contribution in [1.82, 2.24) is 0 Å². The molecule has 0 radical (unpaired) electrons. The van der Waals surface area contributed by atoms with E-state index in [1.54, 1.807) is 30.3 Å². The van der Waals surface area contributed by atoms with Gasteiger partial charge in [0, 0.05) is 12.1 Å². The van der Waals surface area contributed by atoms with E-state index >= 15 is 0 Å². The molecule has 118 valence electrons. The molecule has 9 heteroatoms. The standard InChI is InChI=1S/C14H11N3O6/c18-10-15(11-5-2-1-3-6-11)23-9-12-13(16(19)20)7-4-8-14(12)17(21)22/h1-8,10H,9H2. The van der Waals surface area contributed by atoms with Crippen molar-refractivity contribution >= 4 is 23.5 Å². The first-order chi connectivity index (χ1) is 11.0. The summed E-state index contributed by atoms with van der Waals surface area (Å²) in [5.41, 5.74) is -0.717. The Kier molecular flexibility index (Phi) is 4.95. The normalized spacial score (nSPS) is 10.1. The lowest BCUT2D eigenvalue weighted by atomic mass is 10.1. The first-order valence-electron chi connectivity index (χ1n) is 6.37. The van der Waals surface area contributed by atoms with E-state index in [2.05, 4.69) is 0 Å². The Balaban J connectivity index is 2.30. The van der Waals surface area contributed by atoms with Crippen LogP contribution in [-0.4, -0.2) is 16.3 Å². The number of amides is 1. The lowest BCUT2D eigenvalue weighted by Gasteiger charge is -2.16. The van der Waals surface area contributed by atoms with Crippen LogP contribution in [0.25, 0.3) is 0 Å². The van der Waals surface area contributed by atoms with Gasteiger partial charge in [-0.05, 0) is 18.2 Å². The molecule has 0 unspecified atom stereocenters. The zero-order valence-electron chi connectivity index (χ0n) is 11.7. The molecule has 0 fully saturated rings. The van der Waals surface area contributed by atoms with Gasteiger partial charge in [0.2, 0.25) is 6.41 Å². The molecule has 0 atom stereocenters. The third-order valence-corrected chi connectivity index (χ3v) is 2.97. The monoisotopic (exact) mass is 317 g/mol. The first-order valence-corrected chi connectivity index (χ1v) is 6.37. The number of hydrogen-bond acceptors (Lipinski definition) is 6. The van der Waals surface area contributed by atoms with Gasteiger partial charge in [-0.15, -0.1) is 0 Å². The number of nitro benzene ring substituents is 2. The van der Waals surface area contributed by atoms with E-state index in [0.717, 1.165) is 17.2 Å². The van der Waals surface area contributed by atoms with Crippen LogP contribution >= 0.6 is 0 Å². The van der Waals surface area contributed by atoms with Gasteiger partial charge in [0.1, 0.15) is 12.2 Å². The molecule has 0 saturated heterocycles. The number of carbonyl (C=O) groups excluding carboxylic acids is 1. The topological polar surface area (TPSA) is 116 Å². The SMILES string of the molecule is O=CN(OCc1c([N+](=O)[O-])cccc1[N+](=O)[O-])c1ccccc1. The number of benzene rings is 2. The molecule has 0 aliphatic rings. The third kappa shape index (κ3) is 3.66. The second-order valence-electron chi connectivity index (χ2n) is 4.33. The van der Waals surface area contributed by atoms with Crippen molar-refractivity contribution in [2.24, 2.45) is 0 Å². The van der Waals surface area contributed by atoms with Crippen LogP contribution in [0.4, 0.5) is 17.1 Å². The maximum absolute atomic E-state index is 11.1. The predicted molar refractivity (Wildman–Crippen MR) is 79.5 cm³/mol. The molecule has 9 nitrogen and oxygen atoms in total. The van der Waals surface area contributed by atoms with Gasteiger partial charge in [0.15, 0.2) is 0 Å². The molecule has 0 aliphatic carbocycles. The molecule has 0 bridgehead atoms. The second-order valence-corrected chi connectivity index (χ2v) is 4.33. The predicted octanol–water partition coefficient (Wildman–Crippen LogP) is 2.60. The Bertz CT molecular complexity index is 702. The largest absolute Gasteiger partial charge is 0.281 e. The van der Waals surface area contributed by atoms with Gasteiger partial charge in [-0.1, -0.05) is 18.2 Å². The summed E-state index contributed by atoms with van der Waals surface area (Å²) in [7, 11) is 0. The smallest absolute Gasteiger partial charge is 0.276 e. The fourth-order valence-electron chi connectivity index (χ4n) is 1.93. The van der Waals surface area contributed by atoms with Crippen molar-refractivity contribution in [3.05, 3.63) is 74.3 Å². The Hall–Kier alpha value is -3.33. The molecule has 1 amide bonds. The summed E-state index contributed by atoms with van der Waals surface area (Å²) in [6.45, 7) is -0.499. The van der Waals surface area contributed by atoms with Gasteiger partial charge in [-0.3, -0.25) is 29.9 Å². The highest BCUT2D eigenvalue weighted by molar-refractivity contribution is 5.71. The molecule has 2 aromatic carbocycles. The van der Waals surface area contributed by atoms with E-state index in [1.807, 2.05) is 0 Å². The number of hydrogen-bond donors (Lipinski definition) is 0. The van der Waals surface area contributed by atoms with Crippen LogP contribution in [0, 0.1) is 20.2 Å². The lowest BCUT2D eigenvalue weighted by Crippen LogP contribution is -2.21. The van der Waals surface area contributed by atoms with Gasteiger partial charge in [0.05, 0.1) is 15.5 Å². The molecule has 0 N–H and O–H groups in total. The van der Waals surface area contributed by atoms with Crippen molar-refractivity contribution in [2.45, 2.75) is 6.61 Å². The summed E-state index contributed by atoms with van der Waals surface area (Å²) in [5, 5.41) is 22.9. The summed E-state index contributed by atoms with van der Waals surface area (Å²) in [6.07, 6.45) is 0.371. The zero-order valence-corrected chi connectivity index (χ0v) is 11.7. The summed E-state index contributed by atoms with van der Waals surface area (Å²) in [5.74, 6) is 0. The van der Waals surface area contributed by atoms with Crippen LogP contribution < -0.4 is 5.06 Å². The van der Waals surface area contributed by atoms with Crippen LogP contribution in [-0.2, 0) is 16.2 Å². The maximum Gasteiger partial charge on any atom is 0.281 e. The van der Waals surface area contributed by atoms with E-state index < -0.39 is 27.8 Å². The summed E-state index contributed by atoms with van der Waals surface area (Å²) in [6, 6.07) is 11.7. The Labute approximate surface area is 130 Å². The van der Waals surface area contributed by atoms with Crippen LogP contribution in [0.15, 0.2) is 48.5 Å². The number of rotatable bonds is 7. The van der Waals surface area contributed by atoms with Crippen LogP contribution in [0.5, 0.6) is 0 Å². The van der Waals surface area contributed by atoms with Gasteiger partial charge >= 0.3 is 0 Å². The van der Waals surface area contributed by atoms with Crippen molar-refractivity contribution in [3.63, 3.8) is 0 Å². The number of nitro groups is 2. The molecule has 0 aliphatic heterocycles. The van der Waals surface area contributed by atoms with E-state index in [0.29, 0.717) is 12.1 Å². The lowest BCUT2D eigenvalue weighted by molar-refractivity contribution is -0.396. The van der Waals surface area contributed by atoms with Gasteiger partial charge in [-0.2, -0.15) is 5.06 Å². The number of para-hydroxylation sites is 1. The van der Waals surface area contributed by atoms with E-state index in [4.69, 9.17) is 4.84 Å². The fraction of sp³-hybridized carbons (Fsp3) is 0.0714. The number of carbonyl (C=O) groups is 1. The quantitative estimate of drug-likeness (QED) is 0.440. The van der Waals surface area contributed by atoms with E-state index in [9.17, 15) is 25.0 Å². The highest BCUT2D eigenvalue weighted by atomic mass is 16.7. The minimum absolute atomic E-state index is 0.217. The van der Waals surface area contributed by atoms with Crippen molar-refractivity contribution < 1.29 is 19.5 Å². The average molecular weight is 317 g/mol. The van der Waals surface area contributed by atoms with E-state index in [-0.39, 0.29) is 5.56 Å². The number of nitrogens with zero attached hydrogens (tertiary/aromatic N) is 3. The number of anilines is 1. The first kappa shape index (κ1) is 16.0. The second kappa shape index (κ2) is 7.09. The fourth-order valence-corrected chi connectivity index (χ4v) is 1.93. The zero-order chi connectivity index (χ0) is 16.8. The van der Waals surface area contributed by atoms with Gasteiger partial charge in [0.25, 0.3) is 11.4 Å². The van der Waals surface area contributed by atoms with Crippen LogP contribution in [0.3, 0.4) is 0 Å². The van der Waals surface area contributed by atoms with Crippen molar-refractivity contribution in [2.75, 3.05) is 5.06 Å². The Morgan fingerprint density at radius 2 is 1.52 bits per heavy atom. The molecule has 2 aromatic rings. The summed E-state index contributed by atoms with van der Waals surface area (Å²) >= 11 is 0. The maximum atomic E-state index is 11.1. The number of hydroxylamine groups is 1. The molecule has 0 saturated carbocycles. The minimum Gasteiger partial charge on any atom is -0.276 e. The highest BCUT2D eigenvalue weighted by Gasteiger charge is 2.25. The van der Waals surface area contributed by atoms with Gasteiger partial charge in [-0.25, -0.2) is 0 Å².